The number of rotatable bonds is 8. The van der Waals surface area contributed by atoms with Crippen molar-refractivity contribution in [1.29, 1.82) is 0 Å². The molecule has 0 spiro atoms. The number of ether oxygens (including phenoxy) is 2. The van der Waals surface area contributed by atoms with Gasteiger partial charge in [-0.05, 0) is 55.8 Å². The van der Waals surface area contributed by atoms with Crippen LogP contribution in [0.2, 0.25) is 5.02 Å². The van der Waals surface area contributed by atoms with Crippen molar-refractivity contribution in [1.82, 2.24) is 0 Å². The lowest BCUT2D eigenvalue weighted by Crippen LogP contribution is -2.38. The number of nitrogens with zero attached hydrogens (tertiary/aromatic N) is 1. The van der Waals surface area contributed by atoms with Gasteiger partial charge in [-0.3, -0.25) is 9.10 Å². The Kier molecular flexibility index (Phi) is 7.50. The van der Waals surface area contributed by atoms with E-state index >= 15 is 0 Å². The van der Waals surface area contributed by atoms with E-state index in [0.717, 1.165) is 9.87 Å². The van der Waals surface area contributed by atoms with Crippen LogP contribution >= 0.6 is 11.6 Å². The first-order valence-corrected chi connectivity index (χ1v) is 11.8. The Morgan fingerprint density at radius 1 is 0.939 bits per heavy atom. The van der Waals surface area contributed by atoms with Crippen molar-refractivity contribution in [3.63, 3.8) is 0 Å². The predicted octanol–water partition coefficient (Wildman–Crippen LogP) is 4.81. The molecule has 33 heavy (non-hydrogen) atoms. The molecule has 0 aliphatic rings. The number of methoxy groups -OCH3 is 2. The van der Waals surface area contributed by atoms with Crippen LogP contribution in [0.5, 0.6) is 11.5 Å². The monoisotopic (exact) mass is 488 g/mol. The maximum Gasteiger partial charge on any atom is 0.264 e. The van der Waals surface area contributed by atoms with Crippen molar-refractivity contribution >= 4 is 38.9 Å². The molecular formula is C24H25ClN2O5S. The molecule has 0 fully saturated rings. The third-order valence-electron chi connectivity index (χ3n) is 5.00. The van der Waals surface area contributed by atoms with Crippen molar-refractivity contribution < 1.29 is 22.7 Å². The lowest BCUT2D eigenvalue weighted by molar-refractivity contribution is -0.114. The molecule has 0 aliphatic heterocycles. The number of anilines is 2. The predicted molar refractivity (Wildman–Crippen MR) is 130 cm³/mol. The van der Waals surface area contributed by atoms with Gasteiger partial charge >= 0.3 is 0 Å². The Labute approximate surface area is 198 Å². The van der Waals surface area contributed by atoms with Gasteiger partial charge in [-0.2, -0.15) is 0 Å². The number of carbonyl (C=O) groups is 1. The molecule has 0 saturated carbocycles. The molecule has 0 heterocycles. The first-order valence-electron chi connectivity index (χ1n) is 10.0. The normalized spacial score (nSPS) is 11.1. The summed E-state index contributed by atoms with van der Waals surface area (Å²) in [4.78, 5) is 13.0. The molecule has 0 atom stereocenters. The SMILES string of the molecule is COc1ccc(NC(=O)CN(c2cc(Cl)ccc2C)S(=O)(=O)c2ccc(C)cc2)cc1OC. The van der Waals surface area contributed by atoms with Gasteiger partial charge in [0.1, 0.15) is 6.54 Å². The summed E-state index contributed by atoms with van der Waals surface area (Å²) in [5, 5.41) is 3.08. The summed E-state index contributed by atoms with van der Waals surface area (Å²) in [6.07, 6.45) is 0. The smallest absolute Gasteiger partial charge is 0.264 e. The summed E-state index contributed by atoms with van der Waals surface area (Å²) < 4.78 is 38.6. The fraction of sp³-hybridized carbons (Fsp3) is 0.208. The van der Waals surface area contributed by atoms with Crippen molar-refractivity contribution in [2.45, 2.75) is 18.7 Å². The van der Waals surface area contributed by atoms with Gasteiger partial charge in [0.15, 0.2) is 11.5 Å². The Hall–Kier alpha value is -3.23. The molecule has 0 aromatic heterocycles. The second kappa shape index (κ2) is 10.1. The lowest BCUT2D eigenvalue weighted by Gasteiger charge is -2.26. The Morgan fingerprint density at radius 3 is 2.24 bits per heavy atom. The van der Waals surface area contributed by atoms with Crippen LogP contribution < -0.4 is 19.1 Å². The van der Waals surface area contributed by atoms with Crippen LogP contribution in [0, 0.1) is 13.8 Å². The number of aryl methyl sites for hydroxylation is 2. The van der Waals surface area contributed by atoms with E-state index in [-0.39, 0.29) is 4.90 Å². The summed E-state index contributed by atoms with van der Waals surface area (Å²) in [5.41, 5.74) is 2.35. The van der Waals surface area contributed by atoms with Crippen molar-refractivity contribution in [3.05, 3.63) is 76.8 Å². The van der Waals surface area contributed by atoms with Crippen molar-refractivity contribution in [2.24, 2.45) is 0 Å². The highest BCUT2D eigenvalue weighted by Gasteiger charge is 2.28. The number of nitrogens with one attached hydrogen (secondary N) is 1. The average Bonchev–Trinajstić information content (AvgIpc) is 2.79. The average molecular weight is 489 g/mol. The minimum absolute atomic E-state index is 0.0754. The maximum absolute atomic E-state index is 13.5. The molecule has 3 aromatic carbocycles. The highest BCUT2D eigenvalue weighted by atomic mass is 35.5. The van der Waals surface area contributed by atoms with Gasteiger partial charge < -0.3 is 14.8 Å². The third kappa shape index (κ3) is 5.58. The Bertz CT molecular complexity index is 1260. The molecule has 0 bridgehead atoms. The van der Waals surface area contributed by atoms with Crippen LogP contribution in [0.15, 0.2) is 65.6 Å². The second-order valence-electron chi connectivity index (χ2n) is 7.37. The van der Waals surface area contributed by atoms with Gasteiger partial charge in [0, 0.05) is 16.8 Å². The Balaban J connectivity index is 1.97. The molecule has 0 unspecified atom stereocenters. The van der Waals surface area contributed by atoms with E-state index < -0.39 is 22.5 Å². The van der Waals surface area contributed by atoms with Gasteiger partial charge in [-0.15, -0.1) is 0 Å². The summed E-state index contributed by atoms with van der Waals surface area (Å²) in [6, 6.07) is 16.3. The standard InChI is InChI=1S/C24H25ClN2O5S/c1-16-5-10-20(11-6-16)33(29,30)27(21-13-18(25)8-7-17(21)2)15-24(28)26-19-9-12-22(31-3)23(14-19)32-4/h5-14H,15H2,1-4H3,(H,26,28). The molecule has 7 nitrogen and oxygen atoms in total. The number of amides is 1. The highest BCUT2D eigenvalue weighted by molar-refractivity contribution is 7.92. The number of hydrogen-bond acceptors (Lipinski definition) is 5. The van der Waals surface area contributed by atoms with Crippen LogP contribution in [0.1, 0.15) is 11.1 Å². The van der Waals surface area contributed by atoms with E-state index in [4.69, 9.17) is 21.1 Å². The zero-order valence-electron chi connectivity index (χ0n) is 18.8. The van der Waals surface area contributed by atoms with E-state index in [2.05, 4.69) is 5.32 Å². The fourth-order valence-corrected chi connectivity index (χ4v) is 4.88. The molecule has 0 aliphatic carbocycles. The van der Waals surface area contributed by atoms with E-state index in [1.165, 1.54) is 32.4 Å². The molecule has 9 heteroatoms. The zero-order valence-corrected chi connectivity index (χ0v) is 20.3. The zero-order chi connectivity index (χ0) is 24.2. The van der Waals surface area contributed by atoms with E-state index in [1.807, 2.05) is 6.92 Å². The van der Waals surface area contributed by atoms with E-state index in [0.29, 0.717) is 33.5 Å². The first kappa shape index (κ1) is 24.4. The van der Waals surface area contributed by atoms with Crippen LogP contribution in [-0.4, -0.2) is 35.1 Å². The molecule has 0 saturated heterocycles. The largest absolute Gasteiger partial charge is 0.493 e. The summed E-state index contributed by atoms with van der Waals surface area (Å²) in [7, 11) is -1.05. The van der Waals surface area contributed by atoms with Gasteiger partial charge in [-0.25, -0.2) is 8.42 Å². The second-order valence-corrected chi connectivity index (χ2v) is 9.67. The summed E-state index contributed by atoms with van der Waals surface area (Å²) >= 11 is 6.16. The third-order valence-corrected chi connectivity index (χ3v) is 7.01. The van der Waals surface area contributed by atoms with Crippen LogP contribution in [0.4, 0.5) is 11.4 Å². The van der Waals surface area contributed by atoms with Crippen LogP contribution in [0.3, 0.4) is 0 Å². The number of halogens is 1. The van der Waals surface area contributed by atoms with Gasteiger partial charge in [0.2, 0.25) is 5.91 Å². The summed E-state index contributed by atoms with van der Waals surface area (Å²) in [5.74, 6) is 0.413. The van der Waals surface area contributed by atoms with Gasteiger partial charge in [-0.1, -0.05) is 35.4 Å². The number of benzene rings is 3. The molecule has 1 amide bonds. The quantitative estimate of drug-likeness (QED) is 0.492. The summed E-state index contributed by atoms with van der Waals surface area (Å²) in [6.45, 7) is 3.17. The van der Waals surface area contributed by atoms with E-state index in [1.54, 1.807) is 49.4 Å². The molecule has 3 aromatic rings. The van der Waals surface area contributed by atoms with Crippen LogP contribution in [0.25, 0.3) is 0 Å². The highest BCUT2D eigenvalue weighted by Crippen LogP contribution is 2.31. The minimum Gasteiger partial charge on any atom is -0.493 e. The lowest BCUT2D eigenvalue weighted by atomic mass is 10.2. The van der Waals surface area contributed by atoms with E-state index in [9.17, 15) is 13.2 Å². The topological polar surface area (TPSA) is 84.9 Å². The molecule has 0 radical (unpaired) electrons. The van der Waals surface area contributed by atoms with Crippen molar-refractivity contribution in [3.8, 4) is 11.5 Å². The van der Waals surface area contributed by atoms with Crippen LogP contribution in [-0.2, 0) is 14.8 Å². The number of carbonyl (C=O) groups excluding carboxylic acids is 1. The Morgan fingerprint density at radius 2 is 1.61 bits per heavy atom. The van der Waals surface area contributed by atoms with Crippen molar-refractivity contribution in [2.75, 3.05) is 30.4 Å². The molecule has 1 N–H and O–H groups in total. The fourth-order valence-electron chi connectivity index (χ4n) is 3.23. The number of sulfonamides is 1. The first-order chi connectivity index (χ1) is 15.6. The minimum atomic E-state index is -4.05. The number of hydrogen-bond donors (Lipinski definition) is 1. The molecular weight excluding hydrogens is 464 g/mol. The van der Waals surface area contributed by atoms with Gasteiger partial charge in [0.05, 0.1) is 24.8 Å². The van der Waals surface area contributed by atoms with Gasteiger partial charge in [0.25, 0.3) is 10.0 Å². The maximum atomic E-state index is 13.5. The molecule has 3 rings (SSSR count). The molecule has 174 valence electrons.